The molecule has 1 unspecified atom stereocenters. The first kappa shape index (κ1) is 18.6. The summed E-state index contributed by atoms with van der Waals surface area (Å²) in [5.41, 5.74) is 8.91. The summed E-state index contributed by atoms with van der Waals surface area (Å²) in [6.45, 7) is 1.56. The molecule has 0 bridgehead atoms. The van der Waals surface area contributed by atoms with E-state index < -0.39 is 0 Å². The lowest BCUT2D eigenvalue weighted by Crippen LogP contribution is -2.31. The van der Waals surface area contributed by atoms with Crippen molar-refractivity contribution >= 4 is 33.3 Å². The van der Waals surface area contributed by atoms with Gasteiger partial charge in [0.25, 0.3) is 5.56 Å². The molecule has 2 aromatic carbocycles. The fourth-order valence-electron chi connectivity index (χ4n) is 4.27. The Morgan fingerprint density at radius 3 is 2.77 bits per heavy atom. The molecular weight excluding hydrogens is 383 g/mol. The molecule has 0 aliphatic carbocycles. The van der Waals surface area contributed by atoms with E-state index in [0.717, 1.165) is 24.9 Å². The summed E-state index contributed by atoms with van der Waals surface area (Å²) in [7, 11) is 4.08. The summed E-state index contributed by atoms with van der Waals surface area (Å²) in [6, 6.07) is 10.9. The molecule has 1 aliphatic rings. The molecule has 3 heterocycles. The Morgan fingerprint density at radius 2 is 2.00 bits per heavy atom. The molecule has 8 heteroatoms. The lowest BCUT2D eigenvalue weighted by molar-refractivity contribution is 0.315. The van der Waals surface area contributed by atoms with Gasteiger partial charge in [0.1, 0.15) is 17.2 Å². The Hall–Kier alpha value is -3.39. The van der Waals surface area contributed by atoms with E-state index >= 15 is 0 Å². The molecule has 1 saturated heterocycles. The molecule has 0 radical (unpaired) electrons. The second-order valence-electron chi connectivity index (χ2n) is 8.05. The highest BCUT2D eigenvalue weighted by atomic mass is 19.1. The Morgan fingerprint density at radius 1 is 1.20 bits per heavy atom. The van der Waals surface area contributed by atoms with Crippen LogP contribution in [-0.2, 0) is 0 Å². The first-order valence-corrected chi connectivity index (χ1v) is 9.94. The van der Waals surface area contributed by atoms with Crippen LogP contribution in [0.2, 0.25) is 0 Å². The minimum Gasteiger partial charge on any atom is -0.397 e. The van der Waals surface area contributed by atoms with Gasteiger partial charge in [-0.05, 0) is 32.6 Å². The second kappa shape index (κ2) is 6.84. The maximum atomic E-state index is 14.9. The fourth-order valence-corrected chi connectivity index (χ4v) is 4.27. The number of nitrogens with one attached hydrogen (secondary N) is 2. The molecule has 4 N–H and O–H groups in total. The average Bonchev–Trinajstić information content (AvgIpc) is 3.34. The average molecular weight is 406 g/mol. The Labute approximate surface area is 172 Å². The lowest BCUT2D eigenvalue weighted by Gasteiger charge is -2.22. The standard InChI is InChI=1S/C22H23FN6O/c1-28(2)12-7-8-29(11-12)18-10-17-16(9-14(18)23)25-21(26-17)19-20(24)13-5-3-4-6-15(13)27-22(19)30/h3-6,9-10,12H,7-8,11H2,1-2H3,(H,25,26)(H3,24,27,30). The zero-order valence-electron chi connectivity index (χ0n) is 16.9. The number of hydrogen-bond acceptors (Lipinski definition) is 5. The number of benzene rings is 2. The molecule has 2 aromatic heterocycles. The van der Waals surface area contributed by atoms with Crippen LogP contribution in [0, 0.1) is 5.82 Å². The number of imidazole rings is 1. The van der Waals surface area contributed by atoms with E-state index in [2.05, 4.69) is 19.9 Å². The SMILES string of the molecule is CN(C)C1CCN(c2cc3nc(-c4c(N)c5ccccc5[nH]c4=O)[nH]c3cc2F)C1. The van der Waals surface area contributed by atoms with Crippen molar-refractivity contribution in [3.8, 4) is 11.4 Å². The van der Waals surface area contributed by atoms with E-state index in [9.17, 15) is 9.18 Å². The van der Waals surface area contributed by atoms with Crippen molar-refractivity contribution in [1.82, 2.24) is 19.9 Å². The molecule has 1 aliphatic heterocycles. The number of nitrogen functional groups attached to an aromatic ring is 1. The van der Waals surface area contributed by atoms with Crippen LogP contribution < -0.4 is 16.2 Å². The van der Waals surface area contributed by atoms with E-state index in [1.165, 1.54) is 6.07 Å². The third-order valence-electron chi connectivity index (χ3n) is 5.98. The van der Waals surface area contributed by atoms with Crippen molar-refractivity contribution in [3.05, 3.63) is 52.6 Å². The lowest BCUT2D eigenvalue weighted by atomic mass is 10.1. The Balaban J connectivity index is 1.60. The van der Waals surface area contributed by atoms with E-state index in [4.69, 9.17) is 5.73 Å². The van der Waals surface area contributed by atoms with Crippen LogP contribution in [0.1, 0.15) is 6.42 Å². The molecule has 154 valence electrons. The molecular formula is C22H23FN6O. The minimum atomic E-state index is -0.334. The van der Waals surface area contributed by atoms with Gasteiger partial charge in [0.2, 0.25) is 0 Å². The summed E-state index contributed by atoms with van der Waals surface area (Å²) >= 11 is 0. The first-order valence-electron chi connectivity index (χ1n) is 9.94. The number of likely N-dealkylation sites (N-methyl/N-ethyl adjacent to an activating group) is 1. The summed E-state index contributed by atoms with van der Waals surface area (Å²) in [4.78, 5) is 27.4. The Kier molecular flexibility index (Phi) is 4.25. The van der Waals surface area contributed by atoms with Crippen molar-refractivity contribution in [2.75, 3.05) is 37.8 Å². The van der Waals surface area contributed by atoms with Crippen molar-refractivity contribution in [2.24, 2.45) is 0 Å². The molecule has 1 fully saturated rings. The second-order valence-corrected chi connectivity index (χ2v) is 8.05. The zero-order chi connectivity index (χ0) is 21.0. The van der Waals surface area contributed by atoms with Crippen LogP contribution in [-0.4, -0.2) is 53.1 Å². The summed E-state index contributed by atoms with van der Waals surface area (Å²) < 4.78 is 14.9. The van der Waals surface area contributed by atoms with Crippen LogP contribution in [0.4, 0.5) is 15.8 Å². The van der Waals surface area contributed by atoms with E-state index in [1.807, 2.05) is 37.2 Å². The Bertz CT molecular complexity index is 1320. The number of fused-ring (bicyclic) bond motifs is 2. The van der Waals surface area contributed by atoms with Gasteiger partial charge in [-0.3, -0.25) is 4.79 Å². The van der Waals surface area contributed by atoms with Crippen molar-refractivity contribution in [3.63, 3.8) is 0 Å². The number of aromatic nitrogens is 3. The quantitative estimate of drug-likeness (QED) is 0.486. The van der Waals surface area contributed by atoms with E-state index in [1.54, 1.807) is 12.1 Å². The number of nitrogens with two attached hydrogens (primary N) is 1. The van der Waals surface area contributed by atoms with Gasteiger partial charge < -0.3 is 25.5 Å². The minimum absolute atomic E-state index is 0.265. The first-order chi connectivity index (χ1) is 14.4. The molecule has 1 atom stereocenters. The number of para-hydroxylation sites is 1. The van der Waals surface area contributed by atoms with Gasteiger partial charge in [0.15, 0.2) is 0 Å². The summed E-state index contributed by atoms with van der Waals surface area (Å²) in [5.74, 6) is 0.0242. The van der Waals surface area contributed by atoms with Gasteiger partial charge in [-0.1, -0.05) is 18.2 Å². The number of hydrogen-bond donors (Lipinski definition) is 3. The van der Waals surface area contributed by atoms with Crippen LogP contribution in [0.15, 0.2) is 41.2 Å². The number of pyridine rings is 1. The highest BCUT2D eigenvalue weighted by Gasteiger charge is 2.26. The third-order valence-corrected chi connectivity index (χ3v) is 5.98. The van der Waals surface area contributed by atoms with Crippen molar-refractivity contribution < 1.29 is 4.39 Å². The number of nitrogens with zero attached hydrogens (tertiary/aromatic N) is 3. The van der Waals surface area contributed by atoms with E-state index in [0.29, 0.717) is 39.8 Å². The maximum absolute atomic E-state index is 14.9. The van der Waals surface area contributed by atoms with Crippen molar-refractivity contribution in [1.29, 1.82) is 0 Å². The van der Waals surface area contributed by atoms with Gasteiger partial charge in [-0.2, -0.15) is 0 Å². The highest BCUT2D eigenvalue weighted by Crippen LogP contribution is 2.32. The van der Waals surface area contributed by atoms with Crippen LogP contribution in [0.3, 0.4) is 0 Å². The highest BCUT2D eigenvalue weighted by molar-refractivity contribution is 5.97. The summed E-state index contributed by atoms with van der Waals surface area (Å²) in [5, 5.41) is 0.742. The number of H-pyrrole nitrogens is 2. The molecule has 30 heavy (non-hydrogen) atoms. The molecule has 5 rings (SSSR count). The van der Waals surface area contributed by atoms with Crippen molar-refractivity contribution in [2.45, 2.75) is 12.5 Å². The third kappa shape index (κ3) is 2.91. The largest absolute Gasteiger partial charge is 0.397 e. The topological polar surface area (TPSA) is 94.0 Å². The van der Waals surface area contributed by atoms with Gasteiger partial charge in [-0.15, -0.1) is 0 Å². The maximum Gasteiger partial charge on any atom is 0.261 e. The normalized spacial score (nSPS) is 16.9. The predicted octanol–water partition coefficient (Wildman–Crippen LogP) is 2.93. The molecule has 4 aromatic rings. The van der Waals surface area contributed by atoms with E-state index in [-0.39, 0.29) is 16.9 Å². The van der Waals surface area contributed by atoms with Gasteiger partial charge in [0, 0.05) is 30.6 Å². The number of anilines is 2. The van der Waals surface area contributed by atoms with Gasteiger partial charge in [-0.25, -0.2) is 9.37 Å². The van der Waals surface area contributed by atoms with Gasteiger partial charge in [0.05, 0.1) is 27.9 Å². The van der Waals surface area contributed by atoms with Crippen LogP contribution >= 0.6 is 0 Å². The monoisotopic (exact) mass is 406 g/mol. The molecule has 0 amide bonds. The predicted molar refractivity (Wildman–Crippen MR) is 118 cm³/mol. The van der Waals surface area contributed by atoms with Crippen LogP contribution in [0.5, 0.6) is 0 Å². The smallest absolute Gasteiger partial charge is 0.261 e. The summed E-state index contributed by atoms with van der Waals surface area (Å²) in [6.07, 6.45) is 0.985. The number of halogens is 1. The van der Waals surface area contributed by atoms with Gasteiger partial charge >= 0.3 is 0 Å². The molecule has 0 spiro atoms. The molecule has 7 nitrogen and oxygen atoms in total. The van der Waals surface area contributed by atoms with Crippen LogP contribution in [0.25, 0.3) is 33.3 Å². The number of rotatable bonds is 3. The fraction of sp³-hybridized carbons (Fsp3) is 0.273. The number of aromatic amines is 2. The zero-order valence-corrected chi connectivity index (χ0v) is 16.9. The molecule has 0 saturated carbocycles.